The van der Waals surface area contributed by atoms with Crippen LogP contribution in [-0.4, -0.2) is 44.4 Å². The van der Waals surface area contributed by atoms with Crippen LogP contribution in [0.4, 0.5) is 0 Å². The Bertz CT molecular complexity index is 244. The Morgan fingerprint density at radius 1 is 1.31 bits per heavy atom. The molecule has 0 rings (SSSR count). The zero-order valence-electron chi connectivity index (χ0n) is 6.67. The topological polar surface area (TPSA) is 110 Å². The molecule has 0 aliphatic carbocycles. The van der Waals surface area contributed by atoms with Gasteiger partial charge in [0.05, 0.1) is 6.61 Å². The number of carbonyl (C=O) groups is 1. The number of rotatable bonds is 7. The van der Waals surface area contributed by atoms with E-state index in [0.29, 0.717) is 0 Å². The highest BCUT2D eigenvalue weighted by Gasteiger charge is 2.13. The smallest absolute Gasteiger partial charge is 0.400 e. The average Bonchev–Trinajstić information content (AvgIpc) is 2.02. The lowest BCUT2D eigenvalue weighted by Crippen LogP contribution is -2.16. The van der Waals surface area contributed by atoms with Gasteiger partial charge in [0.25, 0.3) is 0 Å². The molecule has 0 aromatic rings. The Morgan fingerprint density at radius 2 is 1.92 bits per heavy atom. The highest BCUT2D eigenvalue weighted by Crippen LogP contribution is 1.96. The van der Waals surface area contributed by atoms with Crippen molar-refractivity contribution in [2.75, 3.05) is 19.8 Å². The van der Waals surface area contributed by atoms with Crippen LogP contribution >= 0.6 is 0 Å². The van der Waals surface area contributed by atoms with Gasteiger partial charge in [-0.25, -0.2) is 13.2 Å². The van der Waals surface area contributed by atoms with Crippen LogP contribution < -0.4 is 0 Å². The molecule has 0 aromatic carbocycles. The van der Waals surface area contributed by atoms with Gasteiger partial charge in [0.1, 0.15) is 0 Å². The molecule has 0 aliphatic heterocycles. The first kappa shape index (κ1) is 12.3. The third kappa shape index (κ3) is 7.65. The zero-order chi connectivity index (χ0) is 10.3. The van der Waals surface area contributed by atoms with Crippen molar-refractivity contribution in [2.24, 2.45) is 0 Å². The number of aliphatic carboxylic acids is 1. The summed E-state index contributed by atoms with van der Waals surface area (Å²) >= 11 is 0. The average molecular weight is 214 g/mol. The molecule has 0 fully saturated rings. The molecule has 0 radical (unpaired) electrons. The fourth-order valence-electron chi connectivity index (χ4n) is 0.382. The van der Waals surface area contributed by atoms with E-state index in [1.165, 1.54) is 0 Å². The van der Waals surface area contributed by atoms with Crippen LogP contribution in [0.2, 0.25) is 0 Å². The van der Waals surface area contributed by atoms with Crippen LogP contribution in [0.3, 0.4) is 0 Å². The van der Waals surface area contributed by atoms with Gasteiger partial charge < -0.3 is 10.2 Å². The van der Waals surface area contributed by atoms with Gasteiger partial charge in [-0.2, -0.15) is 8.42 Å². The first-order valence-electron chi connectivity index (χ1n) is 3.34. The summed E-state index contributed by atoms with van der Waals surface area (Å²) in [5, 5.41) is 16.3. The van der Waals surface area contributed by atoms with Gasteiger partial charge in [-0.15, -0.1) is 0 Å². The van der Waals surface area contributed by atoms with E-state index in [1.807, 2.05) is 0 Å². The largest absolute Gasteiger partial charge is 0.479 e. The highest BCUT2D eigenvalue weighted by molar-refractivity contribution is 7.81. The van der Waals surface area contributed by atoms with Crippen molar-refractivity contribution >= 4 is 16.4 Å². The van der Waals surface area contributed by atoms with Crippen LogP contribution in [0.15, 0.2) is 0 Å². The van der Waals surface area contributed by atoms with Crippen molar-refractivity contribution in [3.63, 3.8) is 0 Å². The number of carboxylic acids is 1. The van der Waals surface area contributed by atoms with E-state index in [-0.39, 0.29) is 19.6 Å². The molecule has 0 amide bonds. The molecule has 0 aliphatic rings. The standard InChI is InChI=1S/C5H10O7S/c6-2-1-3-11-13(9,10)12-4-5(7)8/h6H,1-4H2,(H,7,8). The number of aliphatic hydroxyl groups excluding tert-OH is 1. The van der Waals surface area contributed by atoms with Crippen LogP contribution in [0.25, 0.3) is 0 Å². The maximum absolute atomic E-state index is 10.6. The summed E-state index contributed by atoms with van der Waals surface area (Å²) in [7, 11) is -4.24. The summed E-state index contributed by atoms with van der Waals surface area (Å²) in [6.45, 7) is -1.42. The van der Waals surface area contributed by atoms with Crippen LogP contribution in [-0.2, 0) is 23.6 Å². The molecule has 0 aromatic heterocycles. The molecular weight excluding hydrogens is 204 g/mol. The lowest BCUT2D eigenvalue weighted by Gasteiger charge is -2.02. The van der Waals surface area contributed by atoms with Crippen molar-refractivity contribution < 1.29 is 31.8 Å². The van der Waals surface area contributed by atoms with Gasteiger partial charge in [0.15, 0.2) is 6.61 Å². The van der Waals surface area contributed by atoms with E-state index >= 15 is 0 Å². The molecule has 7 nitrogen and oxygen atoms in total. The number of carboxylic acid groups (broad SMARTS) is 1. The summed E-state index contributed by atoms with van der Waals surface area (Å²) in [5.74, 6) is -1.41. The minimum absolute atomic E-state index is 0.135. The molecule has 13 heavy (non-hydrogen) atoms. The summed E-state index contributed by atoms with van der Waals surface area (Å²) in [5.41, 5.74) is 0. The molecule has 8 heteroatoms. The number of aliphatic hydroxyl groups is 1. The van der Waals surface area contributed by atoms with E-state index in [9.17, 15) is 13.2 Å². The van der Waals surface area contributed by atoms with Crippen LogP contribution in [0, 0.1) is 0 Å². The van der Waals surface area contributed by atoms with Gasteiger partial charge in [0, 0.05) is 6.61 Å². The third-order valence-corrected chi connectivity index (χ3v) is 1.72. The first-order valence-corrected chi connectivity index (χ1v) is 4.67. The van der Waals surface area contributed by atoms with Gasteiger partial charge >= 0.3 is 16.4 Å². The van der Waals surface area contributed by atoms with E-state index in [2.05, 4.69) is 8.37 Å². The minimum atomic E-state index is -4.24. The number of hydrogen-bond donors (Lipinski definition) is 2. The first-order chi connectivity index (χ1) is 5.98. The second-order valence-corrected chi connectivity index (χ2v) is 3.25. The van der Waals surface area contributed by atoms with Crippen molar-refractivity contribution in [3.05, 3.63) is 0 Å². The van der Waals surface area contributed by atoms with Gasteiger partial charge in [-0.1, -0.05) is 0 Å². The van der Waals surface area contributed by atoms with E-state index in [0.717, 1.165) is 0 Å². The predicted octanol–water partition coefficient (Wildman–Crippen LogP) is -1.27. The summed E-state index contributed by atoms with van der Waals surface area (Å²) in [6.07, 6.45) is 0.135. The van der Waals surface area contributed by atoms with E-state index < -0.39 is 23.0 Å². The van der Waals surface area contributed by atoms with Crippen molar-refractivity contribution in [3.8, 4) is 0 Å². The van der Waals surface area contributed by atoms with Crippen molar-refractivity contribution in [1.29, 1.82) is 0 Å². The molecule has 2 N–H and O–H groups in total. The quantitative estimate of drug-likeness (QED) is 0.508. The lowest BCUT2D eigenvalue weighted by atomic mass is 10.5. The van der Waals surface area contributed by atoms with Gasteiger partial charge in [-0.3, -0.25) is 0 Å². The monoisotopic (exact) mass is 214 g/mol. The zero-order valence-corrected chi connectivity index (χ0v) is 7.49. The Kier molecular flexibility index (Phi) is 5.55. The molecule has 0 saturated carbocycles. The molecule has 0 unspecified atom stereocenters. The second-order valence-electron chi connectivity index (χ2n) is 1.96. The Balaban J connectivity index is 3.74. The van der Waals surface area contributed by atoms with E-state index in [1.54, 1.807) is 0 Å². The summed E-state index contributed by atoms with van der Waals surface area (Å²) in [4.78, 5) is 9.89. The molecule has 0 atom stereocenters. The Labute approximate surface area is 75.2 Å². The van der Waals surface area contributed by atoms with Gasteiger partial charge in [0.2, 0.25) is 0 Å². The third-order valence-electron chi connectivity index (χ3n) is 0.857. The fraction of sp³-hybridized carbons (Fsp3) is 0.800. The maximum atomic E-state index is 10.6. The van der Waals surface area contributed by atoms with Gasteiger partial charge in [-0.05, 0) is 6.42 Å². The van der Waals surface area contributed by atoms with E-state index in [4.69, 9.17) is 10.2 Å². The molecule has 78 valence electrons. The predicted molar refractivity (Wildman–Crippen MR) is 40.2 cm³/mol. The van der Waals surface area contributed by atoms with Crippen LogP contribution in [0.1, 0.15) is 6.42 Å². The molecule has 0 spiro atoms. The normalized spacial score (nSPS) is 11.5. The molecule has 0 heterocycles. The lowest BCUT2D eigenvalue weighted by molar-refractivity contribution is -0.139. The van der Waals surface area contributed by atoms with Crippen molar-refractivity contribution in [1.82, 2.24) is 0 Å². The minimum Gasteiger partial charge on any atom is -0.479 e. The summed E-state index contributed by atoms with van der Waals surface area (Å²) < 4.78 is 29.3. The van der Waals surface area contributed by atoms with Crippen LogP contribution in [0.5, 0.6) is 0 Å². The SMILES string of the molecule is O=C(O)COS(=O)(=O)OCCCO. The van der Waals surface area contributed by atoms with Crippen molar-refractivity contribution in [2.45, 2.75) is 6.42 Å². The fourth-order valence-corrected chi connectivity index (χ4v) is 1.02. The molecule has 0 bridgehead atoms. The molecule has 0 saturated heterocycles. The highest BCUT2D eigenvalue weighted by atomic mass is 32.3. The Hall–Kier alpha value is -0.700. The Morgan fingerprint density at radius 3 is 2.38 bits per heavy atom. The molecular formula is C5H10O7S. The maximum Gasteiger partial charge on any atom is 0.400 e. The summed E-state index contributed by atoms with van der Waals surface area (Å²) in [6, 6.07) is 0. The second kappa shape index (κ2) is 5.86. The number of hydrogen-bond acceptors (Lipinski definition) is 6.